The van der Waals surface area contributed by atoms with Crippen LogP contribution in [0.25, 0.3) is 5.69 Å². The summed E-state index contributed by atoms with van der Waals surface area (Å²) >= 11 is 5.30. The third kappa shape index (κ3) is 1.86. The largest absolute Gasteiger partial charge is 0.341 e. The van der Waals surface area contributed by atoms with Gasteiger partial charge in [-0.05, 0) is 37.2 Å². The monoisotopic (exact) mass is 246 g/mol. The molecule has 1 fully saturated rings. The molecule has 1 saturated carbocycles. The molecule has 5 heteroatoms. The standard InChI is InChI=1S/C12H14N4S/c1-15(9-7-8-9)11-13-14-12(17)16(11)10-5-3-2-4-6-10/h2-6,9H,7-8H2,1H3,(H,14,17). The SMILES string of the molecule is CN(c1n[nH]c(=S)n1-c1ccccc1)C1CC1. The van der Waals surface area contributed by atoms with Crippen LogP contribution in [0, 0.1) is 4.77 Å². The van der Waals surface area contributed by atoms with Gasteiger partial charge in [0.05, 0.1) is 5.69 Å². The van der Waals surface area contributed by atoms with Crippen molar-refractivity contribution in [2.45, 2.75) is 18.9 Å². The zero-order valence-corrected chi connectivity index (χ0v) is 10.4. The third-order valence-corrected chi connectivity index (χ3v) is 3.35. The van der Waals surface area contributed by atoms with Crippen molar-refractivity contribution in [2.24, 2.45) is 0 Å². The zero-order valence-electron chi connectivity index (χ0n) is 9.63. The minimum atomic E-state index is 0.614. The van der Waals surface area contributed by atoms with E-state index in [2.05, 4.69) is 22.1 Å². The van der Waals surface area contributed by atoms with Crippen LogP contribution in [0.15, 0.2) is 30.3 Å². The van der Waals surface area contributed by atoms with Crippen LogP contribution < -0.4 is 4.90 Å². The van der Waals surface area contributed by atoms with Crippen LogP contribution in [0.1, 0.15) is 12.8 Å². The van der Waals surface area contributed by atoms with Gasteiger partial charge in [-0.2, -0.15) is 0 Å². The number of H-pyrrole nitrogens is 1. The van der Waals surface area contributed by atoms with Crippen LogP contribution >= 0.6 is 12.2 Å². The van der Waals surface area contributed by atoms with E-state index in [9.17, 15) is 0 Å². The average Bonchev–Trinajstić information content (AvgIpc) is 3.13. The van der Waals surface area contributed by atoms with E-state index < -0.39 is 0 Å². The van der Waals surface area contributed by atoms with Crippen molar-refractivity contribution in [3.63, 3.8) is 0 Å². The van der Waals surface area contributed by atoms with Gasteiger partial charge in [-0.25, -0.2) is 5.10 Å². The summed E-state index contributed by atoms with van der Waals surface area (Å²) in [6, 6.07) is 10.7. The molecule has 1 aliphatic carbocycles. The highest BCUT2D eigenvalue weighted by atomic mass is 32.1. The van der Waals surface area contributed by atoms with Crippen molar-refractivity contribution in [3.8, 4) is 5.69 Å². The highest BCUT2D eigenvalue weighted by Crippen LogP contribution is 2.30. The van der Waals surface area contributed by atoms with E-state index in [-0.39, 0.29) is 0 Å². The first-order valence-electron chi connectivity index (χ1n) is 5.73. The van der Waals surface area contributed by atoms with Crippen LogP contribution in [0.4, 0.5) is 5.95 Å². The molecule has 0 amide bonds. The van der Waals surface area contributed by atoms with Gasteiger partial charge in [-0.3, -0.25) is 4.57 Å². The molecule has 0 unspecified atom stereocenters. The van der Waals surface area contributed by atoms with Crippen LogP contribution in [0.2, 0.25) is 0 Å². The molecule has 3 rings (SSSR count). The summed E-state index contributed by atoms with van der Waals surface area (Å²) in [6.45, 7) is 0. The Balaban J connectivity index is 2.09. The summed E-state index contributed by atoms with van der Waals surface area (Å²) in [7, 11) is 2.07. The molecule has 0 spiro atoms. The van der Waals surface area contributed by atoms with Crippen LogP contribution in [0.5, 0.6) is 0 Å². The fourth-order valence-electron chi connectivity index (χ4n) is 1.96. The Morgan fingerprint density at radius 3 is 2.71 bits per heavy atom. The van der Waals surface area contributed by atoms with Crippen molar-refractivity contribution in [1.29, 1.82) is 0 Å². The molecule has 1 aromatic heterocycles. The molecule has 17 heavy (non-hydrogen) atoms. The van der Waals surface area contributed by atoms with Crippen molar-refractivity contribution >= 4 is 18.2 Å². The number of hydrogen-bond donors (Lipinski definition) is 1. The maximum atomic E-state index is 5.30. The molecule has 1 heterocycles. The topological polar surface area (TPSA) is 36.9 Å². The van der Waals surface area contributed by atoms with Crippen LogP contribution in [-0.2, 0) is 0 Å². The molecule has 1 aromatic carbocycles. The summed E-state index contributed by atoms with van der Waals surface area (Å²) in [5.41, 5.74) is 1.05. The van der Waals surface area contributed by atoms with Crippen molar-refractivity contribution in [3.05, 3.63) is 35.1 Å². The smallest absolute Gasteiger partial charge is 0.230 e. The van der Waals surface area contributed by atoms with E-state index in [1.807, 2.05) is 34.9 Å². The number of nitrogens with one attached hydrogen (secondary N) is 1. The molecule has 88 valence electrons. The summed E-state index contributed by atoms with van der Waals surface area (Å²) in [4.78, 5) is 2.19. The van der Waals surface area contributed by atoms with Gasteiger partial charge in [0.15, 0.2) is 0 Å². The Morgan fingerprint density at radius 1 is 1.35 bits per heavy atom. The predicted molar refractivity (Wildman–Crippen MR) is 70.2 cm³/mol. The van der Waals surface area contributed by atoms with Gasteiger partial charge in [0.2, 0.25) is 10.7 Å². The second-order valence-corrected chi connectivity index (χ2v) is 4.73. The van der Waals surface area contributed by atoms with Gasteiger partial charge in [0, 0.05) is 13.1 Å². The van der Waals surface area contributed by atoms with E-state index in [1.54, 1.807) is 0 Å². The summed E-state index contributed by atoms with van der Waals surface area (Å²) in [5, 5.41) is 7.20. The number of nitrogens with zero attached hydrogens (tertiary/aromatic N) is 3. The Bertz CT molecular complexity index is 568. The van der Waals surface area contributed by atoms with Gasteiger partial charge in [0.1, 0.15) is 0 Å². The normalized spacial score (nSPS) is 14.9. The van der Waals surface area contributed by atoms with Gasteiger partial charge < -0.3 is 4.90 Å². The van der Waals surface area contributed by atoms with E-state index >= 15 is 0 Å². The van der Waals surface area contributed by atoms with Crippen molar-refractivity contribution in [2.75, 3.05) is 11.9 Å². The number of rotatable bonds is 3. The Morgan fingerprint density at radius 2 is 2.06 bits per heavy atom. The third-order valence-electron chi connectivity index (χ3n) is 3.08. The maximum absolute atomic E-state index is 5.30. The van der Waals surface area contributed by atoms with Gasteiger partial charge >= 0.3 is 0 Å². The van der Waals surface area contributed by atoms with Crippen LogP contribution in [-0.4, -0.2) is 27.9 Å². The number of aromatic amines is 1. The van der Waals surface area contributed by atoms with Gasteiger partial charge in [-0.15, -0.1) is 5.10 Å². The Hall–Kier alpha value is -1.62. The van der Waals surface area contributed by atoms with Crippen molar-refractivity contribution < 1.29 is 0 Å². The molecule has 0 aliphatic heterocycles. The molecular weight excluding hydrogens is 232 g/mol. The quantitative estimate of drug-likeness (QED) is 0.846. The second kappa shape index (κ2) is 4.00. The Kier molecular flexibility index (Phi) is 2.48. The lowest BCUT2D eigenvalue weighted by Gasteiger charge is -2.17. The first kappa shape index (κ1) is 10.5. The zero-order chi connectivity index (χ0) is 11.8. The lowest BCUT2D eigenvalue weighted by molar-refractivity contribution is 0.838. The molecule has 0 atom stereocenters. The first-order valence-corrected chi connectivity index (χ1v) is 6.14. The summed E-state index contributed by atoms with van der Waals surface area (Å²) in [6.07, 6.45) is 2.48. The lowest BCUT2D eigenvalue weighted by atomic mass is 10.3. The molecule has 4 nitrogen and oxygen atoms in total. The van der Waals surface area contributed by atoms with Gasteiger partial charge in [0.25, 0.3) is 0 Å². The molecular formula is C12H14N4S. The molecule has 0 radical (unpaired) electrons. The highest BCUT2D eigenvalue weighted by Gasteiger charge is 2.29. The molecule has 0 bridgehead atoms. The van der Waals surface area contributed by atoms with E-state index in [0.29, 0.717) is 10.8 Å². The Labute approximate surface area is 105 Å². The predicted octanol–water partition coefficient (Wildman–Crippen LogP) is 2.53. The number of hydrogen-bond acceptors (Lipinski definition) is 3. The van der Waals surface area contributed by atoms with Gasteiger partial charge in [-0.1, -0.05) is 18.2 Å². The average molecular weight is 246 g/mol. The fraction of sp³-hybridized carbons (Fsp3) is 0.333. The van der Waals surface area contributed by atoms with Crippen LogP contribution in [0.3, 0.4) is 0 Å². The van der Waals surface area contributed by atoms with Crippen molar-refractivity contribution in [1.82, 2.24) is 14.8 Å². The highest BCUT2D eigenvalue weighted by molar-refractivity contribution is 7.71. The molecule has 1 aliphatic rings. The maximum Gasteiger partial charge on any atom is 0.230 e. The van der Waals surface area contributed by atoms with E-state index in [1.165, 1.54) is 12.8 Å². The molecule has 2 aromatic rings. The molecule has 0 saturated heterocycles. The second-order valence-electron chi connectivity index (χ2n) is 4.34. The number of para-hydroxylation sites is 1. The van der Waals surface area contributed by atoms with E-state index in [4.69, 9.17) is 12.2 Å². The number of benzene rings is 1. The summed E-state index contributed by atoms with van der Waals surface area (Å²) < 4.78 is 2.62. The van der Waals surface area contributed by atoms with E-state index in [0.717, 1.165) is 11.6 Å². The summed E-state index contributed by atoms with van der Waals surface area (Å²) in [5.74, 6) is 0.892. The minimum Gasteiger partial charge on any atom is -0.341 e. The first-order chi connectivity index (χ1) is 8.27. The fourth-order valence-corrected chi connectivity index (χ4v) is 2.19. The minimum absolute atomic E-state index is 0.614. The lowest BCUT2D eigenvalue weighted by Crippen LogP contribution is -2.23. The number of aromatic nitrogens is 3. The molecule has 1 N–H and O–H groups in total. The number of anilines is 1.